The fourth-order valence-electron chi connectivity index (χ4n) is 5.22. The van der Waals surface area contributed by atoms with Crippen molar-refractivity contribution in [3.63, 3.8) is 0 Å². The molecule has 1 aliphatic carbocycles. The average Bonchev–Trinajstić information content (AvgIpc) is 3.60. The summed E-state index contributed by atoms with van der Waals surface area (Å²) in [7, 11) is 0. The summed E-state index contributed by atoms with van der Waals surface area (Å²) in [6.07, 6.45) is -3.05. The minimum atomic E-state index is -4.62. The van der Waals surface area contributed by atoms with E-state index in [2.05, 4.69) is 20.6 Å². The fourth-order valence-corrected chi connectivity index (χ4v) is 6.21. The maximum absolute atomic E-state index is 14.2. The number of carbonyl (C=O) groups excluding carboxylic acids is 2. The van der Waals surface area contributed by atoms with Crippen LogP contribution in [-0.4, -0.2) is 68.2 Å². The van der Waals surface area contributed by atoms with Gasteiger partial charge in [-0.1, -0.05) is 0 Å². The van der Waals surface area contributed by atoms with Gasteiger partial charge in [-0.15, -0.1) is 11.3 Å². The van der Waals surface area contributed by atoms with E-state index in [0.717, 1.165) is 56.2 Å². The minimum absolute atomic E-state index is 0.00109. The Labute approximate surface area is 218 Å². The molecular formula is C24H26F5N5O3S. The first-order valence-corrected chi connectivity index (χ1v) is 13.2. The Morgan fingerprint density at radius 3 is 2.32 bits per heavy atom. The van der Waals surface area contributed by atoms with Gasteiger partial charge in [-0.25, -0.2) is 18.7 Å². The number of aromatic nitrogens is 2. The van der Waals surface area contributed by atoms with Crippen molar-refractivity contribution in [2.45, 2.75) is 88.3 Å². The van der Waals surface area contributed by atoms with E-state index in [9.17, 15) is 36.6 Å². The van der Waals surface area contributed by atoms with E-state index in [0.29, 0.717) is 12.8 Å². The highest BCUT2D eigenvalue weighted by Crippen LogP contribution is 2.42. The molecule has 2 saturated heterocycles. The number of rotatable bonds is 7. The predicted molar refractivity (Wildman–Crippen MR) is 128 cm³/mol. The van der Waals surface area contributed by atoms with Crippen molar-refractivity contribution < 1.29 is 36.6 Å². The van der Waals surface area contributed by atoms with E-state index in [-0.39, 0.29) is 33.2 Å². The third-order valence-corrected chi connectivity index (χ3v) is 8.62. The van der Waals surface area contributed by atoms with Crippen LogP contribution in [0, 0.1) is 0 Å². The van der Waals surface area contributed by atoms with Crippen LogP contribution in [0.4, 0.5) is 27.8 Å². The highest BCUT2D eigenvalue weighted by atomic mass is 32.1. The van der Waals surface area contributed by atoms with Crippen molar-refractivity contribution in [2.24, 2.45) is 0 Å². The second-order valence-corrected chi connectivity index (χ2v) is 11.0. The van der Waals surface area contributed by atoms with Crippen LogP contribution in [0.15, 0.2) is 12.3 Å². The molecule has 3 fully saturated rings. The molecule has 38 heavy (non-hydrogen) atoms. The van der Waals surface area contributed by atoms with Crippen LogP contribution in [-0.2, 0) is 0 Å². The Morgan fingerprint density at radius 2 is 1.79 bits per heavy atom. The van der Waals surface area contributed by atoms with Crippen LogP contribution in [0.2, 0.25) is 0 Å². The molecular weight excluding hydrogens is 533 g/mol. The number of nitrogens with zero attached hydrogens (tertiary/aromatic N) is 3. The standard InChI is InChI=1S/C24H26F5N5O3S/c1-10(24(27,28)29)31-17-8-13(20(25)26)14(9-30-17)19-18(23(37)34-11-2-3-12(34)5-4-11)33-22(38-19)21(36)32-15-6-7-16(15)35/h8-12,15-16,20,35H,2-7H2,1H3,(H,30,31)(H,32,36)/t10-,11-,12+,15-,16-/m0/s1. The van der Waals surface area contributed by atoms with Crippen LogP contribution < -0.4 is 10.6 Å². The molecule has 0 radical (unpaired) electrons. The van der Waals surface area contributed by atoms with Gasteiger partial charge in [0.15, 0.2) is 5.01 Å². The van der Waals surface area contributed by atoms with E-state index in [1.54, 1.807) is 4.90 Å². The van der Waals surface area contributed by atoms with Gasteiger partial charge in [0.05, 0.1) is 17.0 Å². The summed E-state index contributed by atoms with van der Waals surface area (Å²) in [6.45, 7) is 0.839. The number of pyridine rings is 1. The van der Waals surface area contributed by atoms with Crippen molar-refractivity contribution in [2.75, 3.05) is 5.32 Å². The number of hydrogen-bond acceptors (Lipinski definition) is 7. The lowest BCUT2D eigenvalue weighted by molar-refractivity contribution is -0.138. The van der Waals surface area contributed by atoms with Crippen LogP contribution in [0.5, 0.6) is 0 Å². The second-order valence-electron chi connectivity index (χ2n) is 9.96. The maximum atomic E-state index is 14.2. The summed E-state index contributed by atoms with van der Waals surface area (Å²) in [5.41, 5.74) is -0.984. The summed E-state index contributed by atoms with van der Waals surface area (Å²) >= 11 is 0.738. The monoisotopic (exact) mass is 559 g/mol. The summed E-state index contributed by atoms with van der Waals surface area (Å²) in [4.78, 5) is 36.4. The van der Waals surface area contributed by atoms with Crippen LogP contribution in [0.1, 0.15) is 77.7 Å². The van der Waals surface area contributed by atoms with Crippen molar-refractivity contribution in [3.8, 4) is 10.4 Å². The SMILES string of the molecule is C[C@H](Nc1cc(C(F)F)c(-c2sc(C(=O)N[C@H]3CC[C@@H]3O)nc2C(=O)N2[C@H]3CC[C@@H]2CC3)cn1)C(F)(F)F. The number of alkyl halides is 5. The van der Waals surface area contributed by atoms with Crippen molar-refractivity contribution in [1.29, 1.82) is 0 Å². The largest absolute Gasteiger partial charge is 0.408 e. The van der Waals surface area contributed by atoms with Gasteiger partial charge in [-0.2, -0.15) is 13.2 Å². The summed E-state index contributed by atoms with van der Waals surface area (Å²) in [5.74, 6) is -1.52. The van der Waals surface area contributed by atoms with Gasteiger partial charge in [-0.3, -0.25) is 9.59 Å². The quantitative estimate of drug-likeness (QED) is 0.431. The molecule has 2 bridgehead atoms. The topological polar surface area (TPSA) is 107 Å². The third kappa shape index (κ3) is 4.95. The molecule has 0 unspecified atom stereocenters. The summed E-state index contributed by atoms with van der Waals surface area (Å²) < 4.78 is 67.3. The molecule has 1 saturated carbocycles. The maximum Gasteiger partial charge on any atom is 0.408 e. The van der Waals surface area contributed by atoms with Crippen LogP contribution in [0.3, 0.4) is 0 Å². The Kier molecular flexibility index (Phi) is 7.05. The lowest BCUT2D eigenvalue weighted by atomic mass is 9.89. The lowest BCUT2D eigenvalue weighted by Gasteiger charge is -2.32. The van der Waals surface area contributed by atoms with Gasteiger partial charge in [0.2, 0.25) is 0 Å². The molecule has 3 aliphatic rings. The number of carbonyl (C=O) groups is 2. The summed E-state index contributed by atoms with van der Waals surface area (Å²) in [5, 5.41) is 14.4. The van der Waals surface area contributed by atoms with Gasteiger partial charge in [-0.05, 0) is 51.5 Å². The molecule has 2 amide bonds. The van der Waals surface area contributed by atoms with E-state index < -0.39 is 54.0 Å². The highest BCUT2D eigenvalue weighted by molar-refractivity contribution is 7.17. The van der Waals surface area contributed by atoms with Gasteiger partial charge < -0.3 is 20.6 Å². The number of amides is 2. The Balaban J connectivity index is 1.53. The molecule has 5 rings (SSSR count). The molecule has 2 aliphatic heterocycles. The van der Waals surface area contributed by atoms with Crippen molar-refractivity contribution in [1.82, 2.24) is 20.2 Å². The Morgan fingerprint density at radius 1 is 1.13 bits per heavy atom. The molecule has 2 aromatic rings. The molecule has 3 N–H and O–H groups in total. The highest BCUT2D eigenvalue weighted by Gasteiger charge is 2.44. The van der Waals surface area contributed by atoms with Crippen LogP contribution >= 0.6 is 11.3 Å². The number of hydrogen-bond donors (Lipinski definition) is 3. The molecule has 3 atom stereocenters. The number of nitrogens with one attached hydrogen (secondary N) is 2. The second kappa shape index (κ2) is 10.0. The van der Waals surface area contributed by atoms with E-state index in [1.165, 1.54) is 0 Å². The number of aliphatic hydroxyl groups is 1. The zero-order chi connectivity index (χ0) is 27.4. The number of halogens is 5. The zero-order valence-corrected chi connectivity index (χ0v) is 21.1. The summed E-state index contributed by atoms with van der Waals surface area (Å²) in [6, 6.07) is -1.67. The molecule has 14 heteroatoms. The smallest absolute Gasteiger partial charge is 0.391 e. The first kappa shape index (κ1) is 26.7. The lowest BCUT2D eigenvalue weighted by Crippen LogP contribution is -2.50. The Hall–Kier alpha value is -2.87. The number of thiazole rings is 1. The number of aliphatic hydroxyl groups excluding tert-OH is 1. The zero-order valence-electron chi connectivity index (χ0n) is 20.3. The fraction of sp³-hybridized carbons (Fsp3) is 0.583. The third-order valence-electron chi connectivity index (χ3n) is 7.54. The first-order valence-electron chi connectivity index (χ1n) is 12.4. The van der Waals surface area contributed by atoms with Crippen molar-refractivity contribution in [3.05, 3.63) is 28.5 Å². The number of anilines is 1. The normalized spacial score (nSPS) is 25.4. The number of fused-ring (bicyclic) bond motifs is 2. The molecule has 2 aromatic heterocycles. The van der Waals surface area contributed by atoms with E-state index >= 15 is 0 Å². The molecule has 0 spiro atoms. The Bertz CT molecular complexity index is 1220. The first-order chi connectivity index (χ1) is 17.9. The van der Waals surface area contributed by atoms with Gasteiger partial charge in [0, 0.05) is 29.4 Å². The molecule has 0 aromatic carbocycles. The predicted octanol–water partition coefficient (Wildman–Crippen LogP) is 4.53. The minimum Gasteiger partial charge on any atom is -0.391 e. The average molecular weight is 560 g/mol. The van der Waals surface area contributed by atoms with Gasteiger partial charge in [0.25, 0.3) is 18.2 Å². The molecule has 4 heterocycles. The van der Waals surface area contributed by atoms with Crippen LogP contribution in [0.25, 0.3) is 10.4 Å². The molecule has 206 valence electrons. The van der Waals surface area contributed by atoms with E-state index in [1.807, 2.05) is 0 Å². The van der Waals surface area contributed by atoms with Gasteiger partial charge in [0.1, 0.15) is 17.6 Å². The molecule has 8 nitrogen and oxygen atoms in total. The van der Waals surface area contributed by atoms with Gasteiger partial charge >= 0.3 is 6.18 Å². The van der Waals surface area contributed by atoms with E-state index in [4.69, 9.17) is 0 Å². The van der Waals surface area contributed by atoms with Crippen molar-refractivity contribution >= 4 is 29.0 Å².